The lowest BCUT2D eigenvalue weighted by Gasteiger charge is -2.33. The van der Waals surface area contributed by atoms with Gasteiger partial charge < -0.3 is 15.2 Å². The third-order valence-electron chi connectivity index (χ3n) is 5.07. The van der Waals surface area contributed by atoms with Gasteiger partial charge in [-0.2, -0.15) is 0 Å². The van der Waals surface area contributed by atoms with Gasteiger partial charge in [0.25, 0.3) is 0 Å². The minimum Gasteiger partial charge on any atom is -0.389 e. The highest BCUT2D eigenvalue weighted by Crippen LogP contribution is 2.29. The quantitative estimate of drug-likeness (QED) is 0.779. The van der Waals surface area contributed by atoms with Gasteiger partial charge in [0.2, 0.25) is 0 Å². The van der Waals surface area contributed by atoms with E-state index in [1.165, 1.54) is 44.9 Å². The van der Waals surface area contributed by atoms with Crippen LogP contribution in [0.5, 0.6) is 0 Å². The van der Waals surface area contributed by atoms with E-state index in [0.717, 1.165) is 11.8 Å². The molecule has 0 saturated heterocycles. The number of hydrogen-bond acceptors (Lipinski definition) is 3. The van der Waals surface area contributed by atoms with E-state index in [1.807, 2.05) is 0 Å². The Bertz CT molecular complexity index is 253. The second-order valence-electron chi connectivity index (χ2n) is 6.77. The van der Waals surface area contributed by atoms with Crippen LogP contribution in [0.15, 0.2) is 0 Å². The minimum atomic E-state index is -0.352. The summed E-state index contributed by atoms with van der Waals surface area (Å²) in [6.45, 7) is 5.87. The second kappa shape index (κ2) is 7.61. The zero-order valence-corrected chi connectivity index (χ0v) is 12.6. The highest BCUT2D eigenvalue weighted by atomic mass is 16.5. The summed E-state index contributed by atoms with van der Waals surface area (Å²) in [6, 6.07) is 0.590. The number of aliphatic hydroxyl groups is 1. The summed E-state index contributed by atoms with van der Waals surface area (Å²) in [5.41, 5.74) is 0. The summed E-state index contributed by atoms with van der Waals surface area (Å²) in [6.07, 6.45) is 8.80. The van der Waals surface area contributed by atoms with E-state index >= 15 is 0 Å². The molecule has 2 aliphatic carbocycles. The second-order valence-corrected chi connectivity index (χ2v) is 6.77. The molecule has 2 fully saturated rings. The number of rotatable bonds is 6. The van der Waals surface area contributed by atoms with Gasteiger partial charge in [0.1, 0.15) is 0 Å². The summed E-state index contributed by atoms with van der Waals surface area (Å²) in [5, 5.41) is 13.5. The Balaban J connectivity index is 1.56. The minimum absolute atomic E-state index is 0.352. The van der Waals surface area contributed by atoms with Gasteiger partial charge in [-0.05, 0) is 43.9 Å². The Kier molecular flexibility index (Phi) is 6.11. The fraction of sp³-hybridized carbons (Fsp3) is 1.00. The van der Waals surface area contributed by atoms with E-state index in [1.54, 1.807) is 0 Å². The molecule has 0 aromatic heterocycles. The highest BCUT2D eigenvalue weighted by molar-refractivity contribution is 4.80. The first kappa shape index (κ1) is 15.3. The fourth-order valence-electron chi connectivity index (χ4n) is 3.40. The summed E-state index contributed by atoms with van der Waals surface area (Å²) >= 11 is 0. The lowest BCUT2D eigenvalue weighted by molar-refractivity contribution is -0.00700. The lowest BCUT2D eigenvalue weighted by atomic mass is 9.79. The number of ether oxygens (including phenoxy) is 1. The Hall–Kier alpha value is -0.120. The number of aliphatic hydroxyl groups excluding tert-OH is 1. The smallest absolute Gasteiger partial charge is 0.0897 e. The van der Waals surface area contributed by atoms with Crippen molar-refractivity contribution in [2.45, 2.75) is 77.0 Å². The molecule has 2 N–H and O–H groups in total. The van der Waals surface area contributed by atoms with Gasteiger partial charge in [0.15, 0.2) is 0 Å². The standard InChI is InChI=1S/C16H31NO2/c1-12-7-8-14(9-13(12)2)17-10-15(18)11-19-16-5-3-4-6-16/h12-18H,3-11H2,1-2H3. The number of nitrogens with one attached hydrogen (secondary N) is 1. The summed E-state index contributed by atoms with van der Waals surface area (Å²) in [4.78, 5) is 0. The van der Waals surface area contributed by atoms with E-state index in [-0.39, 0.29) is 6.10 Å². The Morgan fingerprint density at radius 1 is 1.11 bits per heavy atom. The zero-order valence-electron chi connectivity index (χ0n) is 12.6. The third-order valence-corrected chi connectivity index (χ3v) is 5.07. The Morgan fingerprint density at radius 3 is 2.53 bits per heavy atom. The molecule has 0 aromatic carbocycles. The van der Waals surface area contributed by atoms with E-state index in [9.17, 15) is 5.11 Å². The average molecular weight is 269 g/mol. The first-order valence-corrected chi connectivity index (χ1v) is 8.18. The van der Waals surface area contributed by atoms with Crippen molar-refractivity contribution in [1.82, 2.24) is 5.32 Å². The molecule has 4 atom stereocenters. The molecule has 0 bridgehead atoms. The van der Waals surface area contributed by atoms with Crippen molar-refractivity contribution < 1.29 is 9.84 Å². The van der Waals surface area contributed by atoms with E-state index in [0.29, 0.717) is 25.3 Å². The molecule has 0 aromatic rings. The molecule has 112 valence electrons. The Morgan fingerprint density at radius 2 is 1.84 bits per heavy atom. The maximum atomic E-state index is 9.97. The molecule has 2 aliphatic rings. The van der Waals surface area contributed by atoms with Crippen molar-refractivity contribution in [1.29, 1.82) is 0 Å². The average Bonchev–Trinajstić information content (AvgIpc) is 2.91. The Labute approximate surface area is 118 Å². The maximum Gasteiger partial charge on any atom is 0.0897 e. The van der Waals surface area contributed by atoms with Gasteiger partial charge in [-0.15, -0.1) is 0 Å². The molecule has 19 heavy (non-hydrogen) atoms. The molecule has 4 unspecified atom stereocenters. The van der Waals surface area contributed by atoms with Crippen LogP contribution in [0.3, 0.4) is 0 Å². The SMILES string of the molecule is CC1CCC(NCC(O)COC2CCCC2)CC1C. The molecular formula is C16H31NO2. The molecule has 0 amide bonds. The molecule has 0 radical (unpaired) electrons. The van der Waals surface area contributed by atoms with Crippen molar-refractivity contribution in [3.8, 4) is 0 Å². The van der Waals surface area contributed by atoms with Crippen LogP contribution in [0.4, 0.5) is 0 Å². The molecule has 0 heterocycles. The van der Waals surface area contributed by atoms with E-state index < -0.39 is 0 Å². The third kappa shape index (κ3) is 5.05. The fourth-order valence-corrected chi connectivity index (χ4v) is 3.40. The zero-order chi connectivity index (χ0) is 13.7. The van der Waals surface area contributed by atoms with Gasteiger partial charge in [-0.1, -0.05) is 26.7 Å². The van der Waals surface area contributed by atoms with E-state index in [4.69, 9.17) is 4.74 Å². The lowest BCUT2D eigenvalue weighted by Crippen LogP contribution is -2.41. The summed E-state index contributed by atoms with van der Waals surface area (Å²) < 4.78 is 5.75. The summed E-state index contributed by atoms with van der Waals surface area (Å²) in [5.74, 6) is 1.66. The van der Waals surface area contributed by atoms with Crippen LogP contribution in [0.25, 0.3) is 0 Å². The van der Waals surface area contributed by atoms with E-state index in [2.05, 4.69) is 19.2 Å². The van der Waals surface area contributed by atoms with Crippen molar-refractivity contribution in [3.05, 3.63) is 0 Å². The van der Waals surface area contributed by atoms with Crippen LogP contribution < -0.4 is 5.32 Å². The monoisotopic (exact) mass is 269 g/mol. The van der Waals surface area contributed by atoms with Crippen LogP contribution in [0.2, 0.25) is 0 Å². The first-order valence-electron chi connectivity index (χ1n) is 8.18. The van der Waals surface area contributed by atoms with Crippen LogP contribution >= 0.6 is 0 Å². The van der Waals surface area contributed by atoms with Crippen molar-refractivity contribution in [2.24, 2.45) is 11.8 Å². The topological polar surface area (TPSA) is 41.5 Å². The van der Waals surface area contributed by atoms with Gasteiger partial charge in [-0.3, -0.25) is 0 Å². The molecule has 2 rings (SSSR count). The molecule has 0 aliphatic heterocycles. The largest absolute Gasteiger partial charge is 0.389 e. The molecule has 2 saturated carbocycles. The molecule has 3 heteroatoms. The van der Waals surface area contributed by atoms with Crippen LogP contribution in [0, 0.1) is 11.8 Å². The first-order chi connectivity index (χ1) is 9.15. The molecular weight excluding hydrogens is 238 g/mol. The van der Waals surface area contributed by atoms with Gasteiger partial charge in [-0.25, -0.2) is 0 Å². The normalized spacial score (nSPS) is 34.6. The van der Waals surface area contributed by atoms with Crippen LogP contribution in [0.1, 0.15) is 58.8 Å². The number of hydrogen-bond donors (Lipinski definition) is 2. The molecule has 3 nitrogen and oxygen atoms in total. The van der Waals surface area contributed by atoms with Gasteiger partial charge in [0, 0.05) is 12.6 Å². The van der Waals surface area contributed by atoms with Crippen molar-refractivity contribution in [3.63, 3.8) is 0 Å². The predicted octanol–water partition coefficient (Wildman–Crippen LogP) is 2.72. The van der Waals surface area contributed by atoms with Crippen LogP contribution in [-0.2, 0) is 4.74 Å². The highest BCUT2D eigenvalue weighted by Gasteiger charge is 2.24. The van der Waals surface area contributed by atoms with Gasteiger partial charge in [0.05, 0.1) is 18.8 Å². The van der Waals surface area contributed by atoms with Crippen molar-refractivity contribution >= 4 is 0 Å². The predicted molar refractivity (Wildman–Crippen MR) is 78.2 cm³/mol. The maximum absolute atomic E-state index is 9.97. The van der Waals surface area contributed by atoms with Crippen molar-refractivity contribution in [2.75, 3.05) is 13.2 Å². The molecule has 0 spiro atoms. The summed E-state index contributed by atoms with van der Waals surface area (Å²) in [7, 11) is 0. The van der Waals surface area contributed by atoms with Gasteiger partial charge >= 0.3 is 0 Å². The van der Waals surface area contributed by atoms with Crippen LogP contribution in [-0.4, -0.2) is 36.5 Å².